The molecule has 0 spiro atoms. The van der Waals surface area contributed by atoms with Crippen molar-refractivity contribution in [3.8, 4) is 5.75 Å². The van der Waals surface area contributed by atoms with E-state index in [1.54, 1.807) is 4.90 Å². The van der Waals surface area contributed by atoms with Gasteiger partial charge in [0.15, 0.2) is 5.76 Å². The van der Waals surface area contributed by atoms with Crippen molar-refractivity contribution in [3.63, 3.8) is 0 Å². The molecule has 1 atom stereocenters. The van der Waals surface area contributed by atoms with Crippen molar-refractivity contribution in [1.29, 1.82) is 0 Å². The molecule has 1 aromatic rings. The van der Waals surface area contributed by atoms with Crippen molar-refractivity contribution in [3.05, 3.63) is 28.3 Å². The number of likely N-dealkylation sites (tertiary alicyclic amines) is 1. The van der Waals surface area contributed by atoms with Gasteiger partial charge in [-0.25, -0.2) is 0 Å². The highest BCUT2D eigenvalue weighted by atomic mass is 16.5. The van der Waals surface area contributed by atoms with Crippen LogP contribution in [0.4, 0.5) is 0 Å². The standard InChI is InChI=1S/C18H26N2O5/c1-13(19-7-9-24-10-8-19)14-3-5-20(6-4-14)18(22)16-11-15(21)17(23-2)12-25-16/h11-14H,3-10H2,1-2H3/t13-/m1/s1. The smallest absolute Gasteiger partial charge is 0.289 e. The number of hydrogen-bond acceptors (Lipinski definition) is 6. The molecular formula is C18H26N2O5. The highest BCUT2D eigenvalue weighted by Gasteiger charge is 2.31. The normalized spacial score (nSPS) is 21.1. The Hall–Kier alpha value is -1.86. The van der Waals surface area contributed by atoms with Crippen LogP contribution in [0.5, 0.6) is 5.75 Å². The molecule has 25 heavy (non-hydrogen) atoms. The molecule has 7 nitrogen and oxygen atoms in total. The summed E-state index contributed by atoms with van der Waals surface area (Å²) in [5, 5.41) is 0. The first-order valence-electron chi connectivity index (χ1n) is 8.88. The number of morpholine rings is 1. The van der Waals surface area contributed by atoms with Gasteiger partial charge in [-0.05, 0) is 25.7 Å². The fourth-order valence-electron chi connectivity index (χ4n) is 3.68. The minimum atomic E-state index is -0.340. The molecule has 0 N–H and O–H groups in total. The summed E-state index contributed by atoms with van der Waals surface area (Å²) in [6, 6.07) is 1.71. The summed E-state index contributed by atoms with van der Waals surface area (Å²) in [6.45, 7) is 7.23. The third-order valence-corrected chi connectivity index (χ3v) is 5.36. The van der Waals surface area contributed by atoms with Crippen LogP contribution in [0.3, 0.4) is 0 Å². The Morgan fingerprint density at radius 1 is 1.24 bits per heavy atom. The maximum absolute atomic E-state index is 12.6. The molecule has 0 aromatic carbocycles. The predicted octanol–water partition coefficient (Wildman–Crippen LogP) is 1.22. The highest BCUT2D eigenvalue weighted by molar-refractivity contribution is 5.91. The van der Waals surface area contributed by atoms with Crippen molar-refractivity contribution >= 4 is 5.91 Å². The predicted molar refractivity (Wildman–Crippen MR) is 92.0 cm³/mol. The molecule has 2 saturated heterocycles. The average molecular weight is 350 g/mol. The van der Waals surface area contributed by atoms with Crippen molar-refractivity contribution in [2.45, 2.75) is 25.8 Å². The topological polar surface area (TPSA) is 72.2 Å². The fourth-order valence-corrected chi connectivity index (χ4v) is 3.68. The van der Waals surface area contributed by atoms with Crippen LogP contribution >= 0.6 is 0 Å². The van der Waals surface area contributed by atoms with Gasteiger partial charge in [-0.2, -0.15) is 0 Å². The molecule has 0 aliphatic carbocycles. The summed E-state index contributed by atoms with van der Waals surface area (Å²) >= 11 is 0. The van der Waals surface area contributed by atoms with E-state index in [1.807, 2.05) is 0 Å². The monoisotopic (exact) mass is 350 g/mol. The lowest BCUT2D eigenvalue weighted by Crippen LogP contribution is -2.49. The van der Waals surface area contributed by atoms with E-state index >= 15 is 0 Å². The number of carbonyl (C=O) groups excluding carboxylic acids is 1. The SMILES string of the molecule is COc1coc(C(=O)N2CCC([C@@H](C)N3CCOCC3)CC2)cc1=O. The van der Waals surface area contributed by atoms with Gasteiger partial charge in [0, 0.05) is 38.3 Å². The van der Waals surface area contributed by atoms with Crippen LogP contribution < -0.4 is 10.2 Å². The Morgan fingerprint density at radius 3 is 2.52 bits per heavy atom. The summed E-state index contributed by atoms with van der Waals surface area (Å²) in [4.78, 5) is 28.6. The van der Waals surface area contributed by atoms with E-state index in [1.165, 1.54) is 19.4 Å². The Labute approximate surface area is 147 Å². The van der Waals surface area contributed by atoms with Crippen LogP contribution in [0.25, 0.3) is 0 Å². The number of carbonyl (C=O) groups is 1. The van der Waals surface area contributed by atoms with Gasteiger partial charge in [0.2, 0.25) is 11.2 Å². The minimum absolute atomic E-state index is 0.0745. The number of hydrogen-bond donors (Lipinski definition) is 0. The Bertz CT molecular complexity index is 645. The maximum atomic E-state index is 12.6. The van der Waals surface area contributed by atoms with Gasteiger partial charge in [-0.3, -0.25) is 14.5 Å². The molecule has 2 fully saturated rings. The summed E-state index contributed by atoms with van der Waals surface area (Å²) in [6.07, 6.45) is 3.12. The van der Waals surface area contributed by atoms with E-state index in [0.717, 1.165) is 39.1 Å². The van der Waals surface area contributed by atoms with Crippen LogP contribution in [-0.2, 0) is 4.74 Å². The van der Waals surface area contributed by atoms with Crippen LogP contribution in [0.15, 0.2) is 21.5 Å². The van der Waals surface area contributed by atoms with E-state index in [-0.39, 0.29) is 22.8 Å². The van der Waals surface area contributed by atoms with Crippen molar-refractivity contribution in [2.24, 2.45) is 5.92 Å². The third kappa shape index (κ3) is 4.04. The second kappa shape index (κ2) is 8.01. The second-order valence-corrected chi connectivity index (χ2v) is 6.70. The molecule has 1 amide bonds. The van der Waals surface area contributed by atoms with E-state index in [9.17, 15) is 9.59 Å². The van der Waals surface area contributed by atoms with Gasteiger partial charge in [-0.15, -0.1) is 0 Å². The number of rotatable bonds is 4. The van der Waals surface area contributed by atoms with E-state index in [4.69, 9.17) is 13.9 Å². The molecule has 1 aromatic heterocycles. The number of ether oxygens (including phenoxy) is 2. The molecule has 7 heteroatoms. The number of nitrogens with zero attached hydrogens (tertiary/aromatic N) is 2. The quantitative estimate of drug-likeness (QED) is 0.813. The number of piperidine rings is 1. The lowest BCUT2D eigenvalue weighted by molar-refractivity contribution is -0.00115. The molecule has 138 valence electrons. The zero-order valence-corrected chi connectivity index (χ0v) is 14.9. The van der Waals surface area contributed by atoms with Gasteiger partial charge >= 0.3 is 0 Å². The Kier molecular flexibility index (Phi) is 5.75. The molecule has 0 unspecified atom stereocenters. The largest absolute Gasteiger partial charge is 0.490 e. The molecule has 2 aliphatic heterocycles. The maximum Gasteiger partial charge on any atom is 0.289 e. The van der Waals surface area contributed by atoms with Crippen molar-refractivity contribution in [2.75, 3.05) is 46.5 Å². The van der Waals surface area contributed by atoms with E-state index in [2.05, 4.69) is 11.8 Å². The minimum Gasteiger partial charge on any atom is -0.490 e. The first-order valence-corrected chi connectivity index (χ1v) is 8.88. The third-order valence-electron chi connectivity index (χ3n) is 5.36. The van der Waals surface area contributed by atoms with Crippen LogP contribution in [-0.4, -0.2) is 68.3 Å². The summed E-state index contributed by atoms with van der Waals surface area (Å²) < 4.78 is 15.6. The molecule has 0 radical (unpaired) electrons. The second-order valence-electron chi connectivity index (χ2n) is 6.70. The zero-order chi connectivity index (χ0) is 17.8. The first kappa shape index (κ1) is 17.9. The zero-order valence-electron chi connectivity index (χ0n) is 14.9. The molecular weight excluding hydrogens is 324 g/mol. The van der Waals surface area contributed by atoms with Crippen molar-refractivity contribution in [1.82, 2.24) is 9.80 Å². The lowest BCUT2D eigenvalue weighted by atomic mass is 9.89. The van der Waals surface area contributed by atoms with Crippen LogP contribution in [0, 0.1) is 5.92 Å². The Morgan fingerprint density at radius 2 is 1.92 bits per heavy atom. The average Bonchev–Trinajstić information content (AvgIpc) is 2.67. The molecule has 2 aliphatic rings. The first-order chi connectivity index (χ1) is 12.1. The van der Waals surface area contributed by atoms with Crippen molar-refractivity contribution < 1.29 is 18.7 Å². The summed E-state index contributed by atoms with van der Waals surface area (Å²) in [7, 11) is 1.40. The summed E-state index contributed by atoms with van der Waals surface area (Å²) in [5.74, 6) is 0.530. The molecule has 3 rings (SSSR count). The van der Waals surface area contributed by atoms with Gasteiger partial charge in [0.25, 0.3) is 5.91 Å². The van der Waals surface area contributed by atoms with Crippen LogP contribution in [0.2, 0.25) is 0 Å². The van der Waals surface area contributed by atoms with E-state index in [0.29, 0.717) is 25.0 Å². The van der Waals surface area contributed by atoms with Gasteiger partial charge in [0.1, 0.15) is 6.26 Å². The van der Waals surface area contributed by atoms with Gasteiger partial charge in [0.05, 0.1) is 20.3 Å². The number of amides is 1. The van der Waals surface area contributed by atoms with Gasteiger partial charge < -0.3 is 18.8 Å². The summed E-state index contributed by atoms with van der Waals surface area (Å²) in [5.41, 5.74) is -0.340. The Balaban J connectivity index is 1.57. The highest BCUT2D eigenvalue weighted by Crippen LogP contribution is 2.25. The lowest BCUT2D eigenvalue weighted by Gasteiger charge is -2.40. The van der Waals surface area contributed by atoms with E-state index < -0.39 is 0 Å². The molecule has 0 saturated carbocycles. The molecule has 0 bridgehead atoms. The van der Waals surface area contributed by atoms with Crippen LogP contribution in [0.1, 0.15) is 30.3 Å². The fraction of sp³-hybridized carbons (Fsp3) is 0.667. The number of methoxy groups -OCH3 is 1. The molecule has 3 heterocycles. The van der Waals surface area contributed by atoms with Gasteiger partial charge in [-0.1, -0.05) is 0 Å².